The van der Waals surface area contributed by atoms with Gasteiger partial charge in [-0.15, -0.1) is 0 Å². The third-order valence-corrected chi connectivity index (χ3v) is 3.45. The van der Waals surface area contributed by atoms with Crippen LogP contribution in [-0.4, -0.2) is 13.1 Å². The summed E-state index contributed by atoms with van der Waals surface area (Å²) in [5.74, 6) is 0.238. The molecule has 0 aliphatic rings. The van der Waals surface area contributed by atoms with Gasteiger partial charge in [0, 0.05) is 6.04 Å². The lowest BCUT2D eigenvalue weighted by molar-refractivity contribution is 0.386. The highest BCUT2D eigenvalue weighted by Crippen LogP contribution is 2.18. The molecule has 0 fully saturated rings. The molecule has 0 aliphatic heterocycles. The van der Waals surface area contributed by atoms with Crippen LogP contribution < -0.4 is 5.32 Å². The van der Waals surface area contributed by atoms with Crippen LogP contribution in [0.25, 0.3) is 0 Å². The van der Waals surface area contributed by atoms with Gasteiger partial charge in [-0.05, 0) is 37.1 Å². The summed E-state index contributed by atoms with van der Waals surface area (Å²) < 4.78 is 13.3. The summed E-state index contributed by atoms with van der Waals surface area (Å²) >= 11 is 5.65. The van der Waals surface area contributed by atoms with E-state index in [2.05, 4.69) is 19.2 Å². The molecule has 90 valence electrons. The van der Waals surface area contributed by atoms with Crippen molar-refractivity contribution in [1.29, 1.82) is 0 Å². The number of halogens is 2. The summed E-state index contributed by atoms with van der Waals surface area (Å²) in [5, 5.41) is 3.47. The van der Waals surface area contributed by atoms with Gasteiger partial charge in [0.2, 0.25) is 0 Å². The van der Waals surface area contributed by atoms with Crippen LogP contribution in [-0.2, 0) is 6.42 Å². The highest BCUT2D eigenvalue weighted by molar-refractivity contribution is 6.30. The summed E-state index contributed by atoms with van der Waals surface area (Å²) in [7, 11) is 1.95. The predicted octanol–water partition coefficient (Wildman–Crippen LogP) is 3.66. The van der Waals surface area contributed by atoms with Crippen molar-refractivity contribution < 1.29 is 4.39 Å². The first-order valence-corrected chi connectivity index (χ1v) is 6.07. The van der Waals surface area contributed by atoms with Gasteiger partial charge in [0.15, 0.2) is 0 Å². The van der Waals surface area contributed by atoms with E-state index in [0.717, 1.165) is 18.4 Å². The average molecular weight is 244 g/mol. The van der Waals surface area contributed by atoms with Gasteiger partial charge in [0.25, 0.3) is 0 Å². The van der Waals surface area contributed by atoms with Crippen LogP contribution in [0.4, 0.5) is 4.39 Å². The van der Waals surface area contributed by atoms with Crippen LogP contribution >= 0.6 is 11.6 Å². The molecule has 1 N–H and O–H groups in total. The van der Waals surface area contributed by atoms with E-state index in [1.54, 1.807) is 6.07 Å². The Morgan fingerprint density at radius 2 is 2.12 bits per heavy atom. The lowest BCUT2D eigenvalue weighted by atomic mass is 9.93. The Labute approximate surface area is 102 Å². The van der Waals surface area contributed by atoms with Crippen molar-refractivity contribution in [3.8, 4) is 0 Å². The number of likely N-dealkylation sites (N-methyl/N-ethyl adjacent to an activating group) is 1. The van der Waals surface area contributed by atoms with Crippen molar-refractivity contribution in [2.75, 3.05) is 7.05 Å². The molecule has 1 aromatic carbocycles. The standard InChI is InChI=1S/C13H19ClFN/c1-4-9(2)13(16-3)8-10-5-6-11(14)12(15)7-10/h5-7,9,13,16H,4,8H2,1-3H3. The fourth-order valence-electron chi connectivity index (χ4n) is 1.79. The van der Waals surface area contributed by atoms with E-state index in [-0.39, 0.29) is 10.8 Å². The molecular formula is C13H19ClFN. The highest BCUT2D eigenvalue weighted by atomic mass is 35.5. The summed E-state index contributed by atoms with van der Waals surface area (Å²) in [6.07, 6.45) is 1.95. The van der Waals surface area contributed by atoms with Crippen LogP contribution in [0.1, 0.15) is 25.8 Å². The monoisotopic (exact) mass is 243 g/mol. The lowest BCUT2D eigenvalue weighted by Crippen LogP contribution is -2.33. The molecule has 0 amide bonds. The van der Waals surface area contributed by atoms with Crippen LogP contribution in [0.15, 0.2) is 18.2 Å². The van der Waals surface area contributed by atoms with Crippen LogP contribution in [0.3, 0.4) is 0 Å². The maximum Gasteiger partial charge on any atom is 0.142 e. The largest absolute Gasteiger partial charge is 0.316 e. The van der Waals surface area contributed by atoms with Gasteiger partial charge >= 0.3 is 0 Å². The molecule has 3 heteroatoms. The Bertz CT molecular complexity index is 341. The van der Waals surface area contributed by atoms with E-state index < -0.39 is 0 Å². The Balaban J connectivity index is 2.74. The zero-order chi connectivity index (χ0) is 12.1. The summed E-state index contributed by atoms with van der Waals surface area (Å²) in [5.41, 5.74) is 0.988. The summed E-state index contributed by atoms with van der Waals surface area (Å²) in [6.45, 7) is 4.37. The van der Waals surface area contributed by atoms with Gasteiger partial charge < -0.3 is 5.32 Å². The second-order valence-electron chi connectivity index (χ2n) is 4.23. The first-order valence-electron chi connectivity index (χ1n) is 5.69. The number of hydrogen-bond donors (Lipinski definition) is 1. The molecule has 1 nitrogen and oxygen atoms in total. The second kappa shape index (κ2) is 6.21. The number of nitrogens with one attached hydrogen (secondary N) is 1. The van der Waals surface area contributed by atoms with E-state index >= 15 is 0 Å². The maximum atomic E-state index is 13.3. The van der Waals surface area contributed by atoms with E-state index in [1.807, 2.05) is 13.1 Å². The first-order chi connectivity index (χ1) is 7.58. The molecule has 0 radical (unpaired) electrons. The minimum absolute atomic E-state index is 0.188. The zero-order valence-corrected chi connectivity index (χ0v) is 10.8. The van der Waals surface area contributed by atoms with Gasteiger partial charge in [0.1, 0.15) is 5.82 Å². The van der Waals surface area contributed by atoms with Crippen molar-refractivity contribution in [3.63, 3.8) is 0 Å². The molecule has 0 aliphatic carbocycles. The predicted molar refractivity (Wildman–Crippen MR) is 67.4 cm³/mol. The lowest BCUT2D eigenvalue weighted by Gasteiger charge is -2.22. The molecule has 1 aromatic rings. The molecule has 0 heterocycles. The quantitative estimate of drug-likeness (QED) is 0.832. The van der Waals surface area contributed by atoms with E-state index in [1.165, 1.54) is 6.07 Å². The first kappa shape index (κ1) is 13.5. The third kappa shape index (κ3) is 3.46. The van der Waals surface area contributed by atoms with E-state index in [4.69, 9.17) is 11.6 Å². The molecule has 0 bridgehead atoms. The molecule has 2 unspecified atom stereocenters. The molecule has 1 rings (SSSR count). The number of hydrogen-bond acceptors (Lipinski definition) is 1. The van der Waals surface area contributed by atoms with E-state index in [0.29, 0.717) is 12.0 Å². The normalized spacial score (nSPS) is 14.8. The Hall–Kier alpha value is -0.600. The van der Waals surface area contributed by atoms with Crippen molar-refractivity contribution in [2.24, 2.45) is 5.92 Å². The van der Waals surface area contributed by atoms with Crippen LogP contribution in [0.2, 0.25) is 5.02 Å². The SMILES string of the molecule is CCC(C)C(Cc1ccc(Cl)c(F)c1)NC. The molecule has 0 saturated heterocycles. The molecule has 0 spiro atoms. The minimum Gasteiger partial charge on any atom is -0.316 e. The summed E-state index contributed by atoms with van der Waals surface area (Å²) in [6, 6.07) is 5.41. The third-order valence-electron chi connectivity index (χ3n) is 3.14. The van der Waals surface area contributed by atoms with Gasteiger partial charge in [-0.2, -0.15) is 0 Å². The van der Waals surface area contributed by atoms with Crippen LogP contribution in [0.5, 0.6) is 0 Å². The summed E-state index contributed by atoms with van der Waals surface area (Å²) in [4.78, 5) is 0. The molecule has 2 atom stereocenters. The fourth-order valence-corrected chi connectivity index (χ4v) is 1.91. The molecular weight excluding hydrogens is 225 g/mol. The molecule has 0 saturated carbocycles. The fraction of sp³-hybridized carbons (Fsp3) is 0.538. The number of benzene rings is 1. The molecule has 0 aromatic heterocycles. The van der Waals surface area contributed by atoms with Gasteiger partial charge in [-0.3, -0.25) is 0 Å². The average Bonchev–Trinajstić information content (AvgIpc) is 2.29. The Morgan fingerprint density at radius 3 is 2.62 bits per heavy atom. The number of rotatable bonds is 5. The minimum atomic E-state index is -0.335. The Kier molecular flexibility index (Phi) is 5.23. The maximum absolute atomic E-state index is 13.3. The van der Waals surface area contributed by atoms with Crippen molar-refractivity contribution in [1.82, 2.24) is 5.32 Å². The zero-order valence-electron chi connectivity index (χ0n) is 10.1. The van der Waals surface area contributed by atoms with Crippen molar-refractivity contribution >= 4 is 11.6 Å². The topological polar surface area (TPSA) is 12.0 Å². The molecule has 16 heavy (non-hydrogen) atoms. The van der Waals surface area contributed by atoms with Gasteiger partial charge in [-0.25, -0.2) is 4.39 Å². The van der Waals surface area contributed by atoms with Crippen LogP contribution in [0, 0.1) is 11.7 Å². The van der Waals surface area contributed by atoms with Crippen molar-refractivity contribution in [2.45, 2.75) is 32.7 Å². The van der Waals surface area contributed by atoms with Gasteiger partial charge in [0.05, 0.1) is 5.02 Å². The second-order valence-corrected chi connectivity index (χ2v) is 4.64. The smallest absolute Gasteiger partial charge is 0.142 e. The van der Waals surface area contributed by atoms with Gasteiger partial charge in [-0.1, -0.05) is 37.9 Å². The van der Waals surface area contributed by atoms with E-state index in [9.17, 15) is 4.39 Å². The Morgan fingerprint density at radius 1 is 1.44 bits per heavy atom. The van der Waals surface area contributed by atoms with Crippen molar-refractivity contribution in [3.05, 3.63) is 34.6 Å². The highest BCUT2D eigenvalue weighted by Gasteiger charge is 2.14.